The van der Waals surface area contributed by atoms with Crippen molar-refractivity contribution >= 4 is 28.8 Å². The van der Waals surface area contributed by atoms with Gasteiger partial charge in [-0.3, -0.25) is 9.36 Å². The Morgan fingerprint density at radius 1 is 1.16 bits per heavy atom. The number of aromatic nitrogens is 2. The second-order valence-corrected chi connectivity index (χ2v) is 20.0. The van der Waals surface area contributed by atoms with Crippen LogP contribution in [0.5, 0.6) is 0 Å². The van der Waals surface area contributed by atoms with Gasteiger partial charge in [-0.15, -0.1) is 0 Å². The van der Waals surface area contributed by atoms with Gasteiger partial charge in [0.1, 0.15) is 24.1 Å². The van der Waals surface area contributed by atoms with E-state index in [0.717, 1.165) is 4.57 Å². The van der Waals surface area contributed by atoms with Crippen molar-refractivity contribution in [3.63, 3.8) is 0 Å². The lowest BCUT2D eigenvalue weighted by Crippen LogP contribution is -2.67. The highest BCUT2D eigenvalue weighted by Crippen LogP contribution is 2.50. The van der Waals surface area contributed by atoms with Crippen LogP contribution in [0.25, 0.3) is 0 Å². The molecule has 2 aliphatic rings. The molecule has 2 fully saturated rings. The number of ether oxygens (including phenoxy) is 1. The Bertz CT molecular complexity index is 1090. The van der Waals surface area contributed by atoms with Crippen molar-refractivity contribution in [2.24, 2.45) is 0 Å². The lowest BCUT2D eigenvalue weighted by atomic mass is 9.96. The SMILES string of the molecule is CC(=O)Nc1ccn([C@H]2O[C@@H]3CO[Si](C(C)C)(C(C)C)O[Si](C(C)C)(C(C)C)O[C@H]3C2(O)C#N)c(=O)n1. The number of aliphatic hydroxyl groups is 1. The van der Waals surface area contributed by atoms with Gasteiger partial charge in [-0.2, -0.15) is 10.2 Å². The Morgan fingerprint density at radius 3 is 2.19 bits per heavy atom. The van der Waals surface area contributed by atoms with Gasteiger partial charge in [-0.25, -0.2) is 4.79 Å². The first-order valence-electron chi connectivity index (χ1n) is 12.8. The van der Waals surface area contributed by atoms with Crippen LogP contribution in [-0.2, 0) is 22.5 Å². The summed E-state index contributed by atoms with van der Waals surface area (Å²) in [5.74, 6) is -0.326. The second-order valence-electron chi connectivity index (χ2n) is 11.2. The summed E-state index contributed by atoms with van der Waals surface area (Å²) < 4.78 is 27.9. The van der Waals surface area contributed by atoms with Crippen LogP contribution in [0.1, 0.15) is 68.5 Å². The normalized spacial score (nSPS) is 29.2. The molecular formula is C24H40N4O7Si2. The van der Waals surface area contributed by atoms with Gasteiger partial charge in [0, 0.05) is 13.1 Å². The van der Waals surface area contributed by atoms with Crippen molar-refractivity contribution in [2.75, 3.05) is 11.9 Å². The monoisotopic (exact) mass is 552 g/mol. The Kier molecular flexibility index (Phi) is 8.55. The molecule has 0 radical (unpaired) electrons. The molecule has 1 unspecified atom stereocenters. The van der Waals surface area contributed by atoms with Gasteiger partial charge in [-0.05, 0) is 28.2 Å². The summed E-state index contributed by atoms with van der Waals surface area (Å²) >= 11 is 0. The highest BCUT2D eigenvalue weighted by molar-refractivity contribution is 6.84. The van der Waals surface area contributed by atoms with E-state index in [2.05, 4.69) is 38.0 Å². The molecule has 0 bridgehead atoms. The molecule has 1 aromatic heterocycles. The minimum absolute atomic E-state index is 0.0254. The maximum absolute atomic E-state index is 12.9. The van der Waals surface area contributed by atoms with Crippen molar-refractivity contribution in [3.8, 4) is 6.07 Å². The van der Waals surface area contributed by atoms with E-state index in [1.807, 2.05) is 33.8 Å². The molecule has 2 N–H and O–H groups in total. The molecule has 13 heteroatoms. The van der Waals surface area contributed by atoms with E-state index in [9.17, 15) is 20.0 Å². The number of rotatable bonds is 6. The maximum Gasteiger partial charge on any atom is 0.351 e. The Balaban J connectivity index is 2.14. The summed E-state index contributed by atoms with van der Waals surface area (Å²) in [6.45, 7) is 17.9. The number of fused-ring (bicyclic) bond motifs is 1. The predicted molar refractivity (Wildman–Crippen MR) is 141 cm³/mol. The van der Waals surface area contributed by atoms with Gasteiger partial charge in [0.15, 0.2) is 6.23 Å². The third-order valence-corrected chi connectivity index (χ3v) is 17.6. The molecule has 1 amide bonds. The largest absolute Gasteiger partial charge is 0.414 e. The smallest absolute Gasteiger partial charge is 0.351 e. The molecule has 3 heterocycles. The van der Waals surface area contributed by atoms with E-state index < -0.39 is 46.8 Å². The number of nitrogens with zero attached hydrogens (tertiary/aromatic N) is 3. The van der Waals surface area contributed by atoms with Crippen LogP contribution in [0.2, 0.25) is 22.2 Å². The Labute approximate surface area is 220 Å². The molecular weight excluding hydrogens is 512 g/mol. The number of nitriles is 1. The van der Waals surface area contributed by atoms with Gasteiger partial charge >= 0.3 is 22.8 Å². The van der Waals surface area contributed by atoms with E-state index in [0.29, 0.717) is 0 Å². The van der Waals surface area contributed by atoms with Crippen LogP contribution >= 0.6 is 0 Å². The maximum atomic E-state index is 12.9. The first-order valence-corrected chi connectivity index (χ1v) is 16.8. The number of carbonyl (C=O) groups is 1. The van der Waals surface area contributed by atoms with E-state index >= 15 is 0 Å². The fourth-order valence-corrected chi connectivity index (χ4v) is 16.6. The number of anilines is 1. The third kappa shape index (κ3) is 5.08. The number of carbonyl (C=O) groups excluding carboxylic acids is 1. The number of hydrogen-bond donors (Lipinski definition) is 2. The fourth-order valence-electron chi connectivity index (χ4n) is 5.42. The number of hydrogen-bond acceptors (Lipinski definition) is 9. The summed E-state index contributed by atoms with van der Waals surface area (Å²) in [4.78, 5) is 28.1. The molecule has 1 aromatic rings. The lowest BCUT2D eigenvalue weighted by Gasteiger charge is -2.51. The molecule has 2 aliphatic heterocycles. The summed E-state index contributed by atoms with van der Waals surface area (Å²) in [6, 6.07) is 3.37. The van der Waals surface area contributed by atoms with Crippen LogP contribution in [-0.4, -0.2) is 62.1 Å². The molecule has 0 aromatic carbocycles. The van der Waals surface area contributed by atoms with Crippen molar-refractivity contribution < 1.29 is 27.6 Å². The summed E-state index contributed by atoms with van der Waals surface area (Å²) in [6.07, 6.45) is -2.01. The number of amides is 1. The fraction of sp³-hybridized carbons (Fsp3) is 0.750. The quantitative estimate of drug-likeness (QED) is 0.401. The molecule has 206 valence electrons. The molecule has 11 nitrogen and oxygen atoms in total. The van der Waals surface area contributed by atoms with Gasteiger partial charge in [-0.1, -0.05) is 55.4 Å². The molecule has 2 saturated heterocycles. The predicted octanol–water partition coefficient (Wildman–Crippen LogP) is 3.31. The van der Waals surface area contributed by atoms with Crippen LogP contribution in [0.4, 0.5) is 5.82 Å². The summed E-state index contributed by atoms with van der Waals surface area (Å²) in [5, 5.41) is 24.4. The van der Waals surface area contributed by atoms with Crippen molar-refractivity contribution in [1.82, 2.24) is 9.55 Å². The second kappa shape index (κ2) is 10.7. The zero-order chi connectivity index (χ0) is 27.9. The van der Waals surface area contributed by atoms with E-state index in [1.54, 1.807) is 0 Å². The topological polar surface area (TPSA) is 145 Å². The van der Waals surface area contributed by atoms with E-state index in [1.165, 1.54) is 19.2 Å². The average molecular weight is 553 g/mol. The van der Waals surface area contributed by atoms with Gasteiger partial charge in [0.25, 0.3) is 0 Å². The van der Waals surface area contributed by atoms with Crippen LogP contribution in [0, 0.1) is 11.3 Å². The minimum Gasteiger partial charge on any atom is -0.414 e. The van der Waals surface area contributed by atoms with Crippen molar-refractivity contribution in [2.45, 2.75) is 109 Å². The summed E-state index contributed by atoms with van der Waals surface area (Å²) in [5.41, 5.74) is -2.85. The molecule has 4 atom stereocenters. The zero-order valence-electron chi connectivity index (χ0n) is 23.1. The van der Waals surface area contributed by atoms with Gasteiger partial charge in [0.2, 0.25) is 11.5 Å². The van der Waals surface area contributed by atoms with E-state index in [-0.39, 0.29) is 40.5 Å². The van der Waals surface area contributed by atoms with Crippen LogP contribution < -0.4 is 11.0 Å². The van der Waals surface area contributed by atoms with Crippen LogP contribution in [0.3, 0.4) is 0 Å². The highest BCUT2D eigenvalue weighted by Gasteiger charge is 2.66. The molecule has 37 heavy (non-hydrogen) atoms. The lowest BCUT2D eigenvalue weighted by molar-refractivity contribution is -0.114. The van der Waals surface area contributed by atoms with Crippen molar-refractivity contribution in [3.05, 3.63) is 22.7 Å². The van der Waals surface area contributed by atoms with Crippen LogP contribution in [0.15, 0.2) is 17.1 Å². The zero-order valence-corrected chi connectivity index (χ0v) is 25.1. The molecule has 0 saturated carbocycles. The molecule has 0 aliphatic carbocycles. The standard InChI is InChI=1S/C24H40N4O7Si2/c1-14(2)36(15(3)4)32-12-19-21(34-37(35-36,16(5)6)17(7)8)24(31,13-25)22(33-19)28-11-10-20(26-18(9)29)27-23(28)30/h10-11,14-17,19,21-22,31H,12H2,1-9H3,(H,26,27,29,30)/t19-,21-,22+,24?/m1/s1. The Morgan fingerprint density at radius 2 is 1.73 bits per heavy atom. The molecule has 3 rings (SSSR count). The van der Waals surface area contributed by atoms with Gasteiger partial charge in [0.05, 0.1) is 6.61 Å². The third-order valence-electron chi connectivity index (χ3n) is 7.34. The average Bonchev–Trinajstić information content (AvgIpc) is 3.04. The first kappa shape index (κ1) is 29.6. The van der Waals surface area contributed by atoms with Crippen molar-refractivity contribution in [1.29, 1.82) is 5.26 Å². The minimum atomic E-state index is -3.15. The molecule has 0 spiro atoms. The first-order chi connectivity index (χ1) is 17.1. The highest BCUT2D eigenvalue weighted by atomic mass is 28.5. The number of nitrogens with one attached hydrogen (secondary N) is 1. The Hall–Kier alpha value is -1.93. The summed E-state index contributed by atoms with van der Waals surface area (Å²) in [7, 11) is -6.01. The van der Waals surface area contributed by atoms with Gasteiger partial charge < -0.3 is 28.1 Å². The van der Waals surface area contributed by atoms with E-state index in [4.69, 9.17) is 17.7 Å².